The van der Waals surface area contributed by atoms with Gasteiger partial charge in [0.2, 0.25) is 0 Å². The van der Waals surface area contributed by atoms with Gasteiger partial charge in [-0.3, -0.25) is 0 Å². The first-order valence-corrected chi connectivity index (χ1v) is 7.16. The highest BCUT2D eigenvalue weighted by Crippen LogP contribution is 2.29. The first kappa shape index (κ1) is 15.0. The molecule has 2 rings (SSSR count). The van der Waals surface area contributed by atoms with E-state index in [2.05, 4.69) is 5.32 Å². The molecule has 1 unspecified atom stereocenters. The van der Waals surface area contributed by atoms with Crippen molar-refractivity contribution >= 4 is 11.6 Å². The van der Waals surface area contributed by atoms with Crippen molar-refractivity contribution in [3.63, 3.8) is 0 Å². The minimum Gasteiger partial charge on any atom is -0.307 e. The van der Waals surface area contributed by atoms with Crippen LogP contribution in [0.15, 0.2) is 36.4 Å². The SMILES string of the molecule is CCNC(c1ccc(C)c(F)c1)c1cccc(Cl)c1C. The molecule has 0 aliphatic carbocycles. The standard InChI is InChI=1S/C17H19ClFN/c1-4-20-17(13-9-8-11(2)16(19)10-13)14-6-5-7-15(18)12(14)3/h5-10,17,20H,4H2,1-3H3. The van der Waals surface area contributed by atoms with Gasteiger partial charge >= 0.3 is 0 Å². The quantitative estimate of drug-likeness (QED) is 0.853. The van der Waals surface area contributed by atoms with Gasteiger partial charge in [0.15, 0.2) is 0 Å². The Morgan fingerprint density at radius 1 is 1.20 bits per heavy atom. The average molecular weight is 292 g/mol. The summed E-state index contributed by atoms with van der Waals surface area (Å²) >= 11 is 6.20. The summed E-state index contributed by atoms with van der Waals surface area (Å²) in [6, 6.07) is 11.2. The molecule has 3 heteroatoms. The van der Waals surface area contributed by atoms with Crippen molar-refractivity contribution in [3.05, 3.63) is 69.5 Å². The highest BCUT2D eigenvalue weighted by atomic mass is 35.5. The second-order valence-corrected chi connectivity index (χ2v) is 5.36. The molecule has 0 aromatic heterocycles. The number of hydrogen-bond donors (Lipinski definition) is 1. The molecule has 1 atom stereocenters. The van der Waals surface area contributed by atoms with Crippen LogP contribution in [0, 0.1) is 19.7 Å². The van der Waals surface area contributed by atoms with E-state index in [0.29, 0.717) is 5.56 Å². The Labute approximate surface area is 124 Å². The number of halogens is 2. The maximum absolute atomic E-state index is 13.8. The van der Waals surface area contributed by atoms with Crippen LogP contribution in [0.4, 0.5) is 4.39 Å². The normalized spacial score (nSPS) is 12.4. The molecule has 0 saturated heterocycles. The smallest absolute Gasteiger partial charge is 0.126 e. The third kappa shape index (κ3) is 3.02. The molecule has 0 aliphatic heterocycles. The van der Waals surface area contributed by atoms with Gasteiger partial charge in [-0.25, -0.2) is 4.39 Å². The summed E-state index contributed by atoms with van der Waals surface area (Å²) < 4.78 is 13.8. The van der Waals surface area contributed by atoms with Crippen molar-refractivity contribution in [3.8, 4) is 0 Å². The fourth-order valence-electron chi connectivity index (χ4n) is 2.34. The maximum atomic E-state index is 13.8. The van der Waals surface area contributed by atoms with Crippen LogP contribution in [-0.2, 0) is 0 Å². The Kier molecular flexibility index (Phi) is 4.79. The van der Waals surface area contributed by atoms with Crippen LogP contribution in [0.1, 0.15) is 35.2 Å². The van der Waals surface area contributed by atoms with Crippen LogP contribution in [-0.4, -0.2) is 6.54 Å². The van der Waals surface area contributed by atoms with Gasteiger partial charge in [-0.1, -0.05) is 42.8 Å². The fraction of sp³-hybridized carbons (Fsp3) is 0.294. The van der Waals surface area contributed by atoms with E-state index in [1.165, 1.54) is 0 Å². The molecule has 0 bridgehead atoms. The van der Waals surface area contributed by atoms with Crippen molar-refractivity contribution in [2.45, 2.75) is 26.8 Å². The van der Waals surface area contributed by atoms with Crippen molar-refractivity contribution in [2.75, 3.05) is 6.54 Å². The van der Waals surface area contributed by atoms with Crippen LogP contribution in [0.3, 0.4) is 0 Å². The predicted molar refractivity (Wildman–Crippen MR) is 82.8 cm³/mol. The monoisotopic (exact) mass is 291 g/mol. The van der Waals surface area contributed by atoms with E-state index >= 15 is 0 Å². The molecule has 2 aromatic rings. The van der Waals surface area contributed by atoms with Crippen molar-refractivity contribution in [1.82, 2.24) is 5.32 Å². The summed E-state index contributed by atoms with van der Waals surface area (Å²) in [5, 5.41) is 4.14. The van der Waals surface area contributed by atoms with Crippen LogP contribution in [0.2, 0.25) is 5.02 Å². The summed E-state index contributed by atoms with van der Waals surface area (Å²) in [7, 11) is 0. The molecule has 20 heavy (non-hydrogen) atoms. The Hall–Kier alpha value is -1.38. The van der Waals surface area contributed by atoms with Crippen molar-refractivity contribution in [1.29, 1.82) is 0 Å². The van der Waals surface area contributed by atoms with E-state index < -0.39 is 0 Å². The average Bonchev–Trinajstić information content (AvgIpc) is 2.43. The first-order chi connectivity index (χ1) is 9.54. The second-order valence-electron chi connectivity index (χ2n) is 4.95. The molecule has 106 valence electrons. The maximum Gasteiger partial charge on any atom is 0.126 e. The minimum atomic E-state index is -0.176. The third-order valence-electron chi connectivity index (χ3n) is 3.56. The van der Waals surface area contributed by atoms with E-state index in [4.69, 9.17) is 11.6 Å². The molecule has 2 aromatic carbocycles. The molecule has 0 heterocycles. The second kappa shape index (κ2) is 6.38. The van der Waals surface area contributed by atoms with Gasteiger partial charge < -0.3 is 5.32 Å². The van der Waals surface area contributed by atoms with E-state index in [1.807, 2.05) is 44.2 Å². The number of benzene rings is 2. The van der Waals surface area contributed by atoms with Gasteiger partial charge in [-0.15, -0.1) is 0 Å². The summed E-state index contributed by atoms with van der Waals surface area (Å²) in [6.45, 7) is 6.60. The van der Waals surface area contributed by atoms with Crippen LogP contribution in [0.25, 0.3) is 0 Å². The molecule has 1 nitrogen and oxygen atoms in total. The molecule has 0 fully saturated rings. The lowest BCUT2D eigenvalue weighted by Crippen LogP contribution is -2.23. The number of nitrogens with one attached hydrogen (secondary N) is 1. The minimum absolute atomic E-state index is 0.0474. The van der Waals surface area contributed by atoms with Crippen molar-refractivity contribution < 1.29 is 4.39 Å². The van der Waals surface area contributed by atoms with Crippen molar-refractivity contribution in [2.24, 2.45) is 0 Å². The van der Waals surface area contributed by atoms with E-state index in [-0.39, 0.29) is 11.9 Å². The molecule has 1 N–H and O–H groups in total. The number of rotatable bonds is 4. The number of aryl methyl sites for hydroxylation is 1. The summed E-state index contributed by atoms with van der Waals surface area (Å²) in [6.07, 6.45) is 0. The van der Waals surface area contributed by atoms with Crippen LogP contribution >= 0.6 is 11.6 Å². The molecular weight excluding hydrogens is 273 g/mol. The zero-order valence-corrected chi connectivity index (χ0v) is 12.8. The van der Waals surface area contributed by atoms with Crippen LogP contribution < -0.4 is 5.32 Å². The Balaban J connectivity index is 2.50. The highest BCUT2D eigenvalue weighted by Gasteiger charge is 2.17. The summed E-state index contributed by atoms with van der Waals surface area (Å²) in [5.74, 6) is -0.176. The Morgan fingerprint density at radius 2 is 1.95 bits per heavy atom. The Bertz CT molecular complexity index is 610. The van der Waals surface area contributed by atoms with Gasteiger partial charge in [-0.2, -0.15) is 0 Å². The third-order valence-corrected chi connectivity index (χ3v) is 3.97. The molecule has 0 radical (unpaired) electrons. The lowest BCUT2D eigenvalue weighted by atomic mass is 9.94. The molecule has 0 saturated carbocycles. The van der Waals surface area contributed by atoms with E-state index in [1.54, 1.807) is 13.0 Å². The van der Waals surface area contributed by atoms with Gasteiger partial charge in [0, 0.05) is 5.02 Å². The largest absolute Gasteiger partial charge is 0.307 e. The van der Waals surface area contributed by atoms with Gasteiger partial charge in [0.25, 0.3) is 0 Å². The molecular formula is C17H19ClFN. The Morgan fingerprint density at radius 3 is 2.60 bits per heavy atom. The molecule has 0 aliphatic rings. The zero-order valence-electron chi connectivity index (χ0n) is 12.0. The lowest BCUT2D eigenvalue weighted by molar-refractivity contribution is 0.596. The number of hydrogen-bond acceptors (Lipinski definition) is 1. The highest BCUT2D eigenvalue weighted by molar-refractivity contribution is 6.31. The zero-order chi connectivity index (χ0) is 14.7. The van der Waals surface area contributed by atoms with Crippen LogP contribution in [0.5, 0.6) is 0 Å². The molecule has 0 spiro atoms. The van der Waals surface area contributed by atoms with E-state index in [0.717, 1.165) is 28.3 Å². The molecule has 0 amide bonds. The van der Waals surface area contributed by atoms with Gasteiger partial charge in [-0.05, 0) is 54.8 Å². The summed E-state index contributed by atoms with van der Waals surface area (Å²) in [5.41, 5.74) is 3.69. The lowest BCUT2D eigenvalue weighted by Gasteiger charge is -2.22. The van der Waals surface area contributed by atoms with E-state index in [9.17, 15) is 4.39 Å². The predicted octanol–water partition coefficient (Wildman–Crippen LogP) is 4.79. The summed E-state index contributed by atoms with van der Waals surface area (Å²) in [4.78, 5) is 0. The fourth-order valence-corrected chi connectivity index (χ4v) is 2.52. The van der Waals surface area contributed by atoms with Gasteiger partial charge in [0.1, 0.15) is 5.82 Å². The van der Waals surface area contributed by atoms with Gasteiger partial charge in [0.05, 0.1) is 6.04 Å². The topological polar surface area (TPSA) is 12.0 Å². The first-order valence-electron chi connectivity index (χ1n) is 6.79.